The zero-order chi connectivity index (χ0) is 19.4. The Hall–Kier alpha value is -1.79. The van der Waals surface area contributed by atoms with Crippen LogP contribution in [-0.2, 0) is 14.3 Å². The molecular weight excluding hydrogens is 368 g/mol. The van der Waals surface area contributed by atoms with Crippen LogP contribution in [0, 0.1) is 12.8 Å². The normalized spacial score (nSPS) is 21.7. The van der Waals surface area contributed by atoms with Crippen molar-refractivity contribution in [1.82, 2.24) is 9.80 Å². The molecule has 0 aliphatic carbocycles. The first-order valence-electron chi connectivity index (χ1n) is 9.54. The van der Waals surface area contributed by atoms with Gasteiger partial charge >= 0.3 is 0 Å². The highest BCUT2D eigenvalue weighted by Gasteiger charge is 2.33. The van der Waals surface area contributed by atoms with E-state index < -0.39 is 6.10 Å². The quantitative estimate of drug-likeness (QED) is 0.787. The van der Waals surface area contributed by atoms with Gasteiger partial charge in [-0.1, -0.05) is 11.6 Å². The minimum atomic E-state index is -0.609. The molecule has 27 heavy (non-hydrogen) atoms. The van der Waals surface area contributed by atoms with Crippen molar-refractivity contribution in [3.63, 3.8) is 0 Å². The lowest BCUT2D eigenvalue weighted by molar-refractivity contribution is -0.146. The number of piperidine rings is 1. The van der Waals surface area contributed by atoms with Crippen LogP contribution in [0.25, 0.3) is 0 Å². The van der Waals surface area contributed by atoms with Gasteiger partial charge in [0.1, 0.15) is 5.75 Å². The second kappa shape index (κ2) is 8.93. The van der Waals surface area contributed by atoms with Crippen LogP contribution < -0.4 is 4.74 Å². The first-order valence-corrected chi connectivity index (χ1v) is 9.91. The fourth-order valence-corrected chi connectivity index (χ4v) is 3.89. The van der Waals surface area contributed by atoms with Gasteiger partial charge in [-0.05, 0) is 50.5 Å². The number of likely N-dealkylation sites (tertiary alicyclic amines) is 1. The highest BCUT2D eigenvalue weighted by atomic mass is 35.5. The van der Waals surface area contributed by atoms with Crippen molar-refractivity contribution in [2.75, 3.05) is 39.4 Å². The maximum atomic E-state index is 12.9. The zero-order valence-corrected chi connectivity index (χ0v) is 16.7. The number of benzene rings is 1. The summed E-state index contributed by atoms with van der Waals surface area (Å²) < 4.78 is 11.2. The molecule has 2 saturated heterocycles. The zero-order valence-electron chi connectivity index (χ0n) is 15.9. The van der Waals surface area contributed by atoms with E-state index in [2.05, 4.69) is 0 Å². The smallest absolute Gasteiger partial charge is 0.263 e. The van der Waals surface area contributed by atoms with Crippen molar-refractivity contribution in [3.8, 4) is 5.75 Å². The first-order chi connectivity index (χ1) is 13.0. The summed E-state index contributed by atoms with van der Waals surface area (Å²) in [6.45, 7) is 7.23. The van der Waals surface area contributed by atoms with E-state index in [0.29, 0.717) is 50.2 Å². The van der Waals surface area contributed by atoms with Gasteiger partial charge in [0.25, 0.3) is 5.91 Å². The van der Waals surface area contributed by atoms with Gasteiger partial charge < -0.3 is 19.3 Å². The summed E-state index contributed by atoms with van der Waals surface area (Å²) >= 11 is 5.97. The molecule has 3 rings (SSSR count). The number of carbonyl (C=O) groups excluding carboxylic acids is 2. The molecule has 2 atom stereocenters. The van der Waals surface area contributed by atoms with Gasteiger partial charge in [-0.2, -0.15) is 0 Å². The lowest BCUT2D eigenvalue weighted by Gasteiger charge is -2.37. The van der Waals surface area contributed by atoms with Crippen molar-refractivity contribution >= 4 is 23.4 Å². The summed E-state index contributed by atoms with van der Waals surface area (Å²) in [5.41, 5.74) is 0.890. The molecular formula is C20H27ClN2O4. The summed E-state index contributed by atoms with van der Waals surface area (Å²) in [4.78, 5) is 29.2. The molecule has 2 fully saturated rings. The van der Waals surface area contributed by atoms with E-state index in [4.69, 9.17) is 21.1 Å². The van der Waals surface area contributed by atoms with Crippen molar-refractivity contribution in [2.45, 2.75) is 32.8 Å². The molecule has 2 aliphatic heterocycles. The number of nitrogens with zero attached hydrogens (tertiary/aromatic N) is 2. The topological polar surface area (TPSA) is 59.1 Å². The van der Waals surface area contributed by atoms with Crippen LogP contribution in [0.5, 0.6) is 5.75 Å². The number of aryl methyl sites for hydroxylation is 1. The molecule has 2 amide bonds. The van der Waals surface area contributed by atoms with E-state index in [1.54, 1.807) is 24.0 Å². The van der Waals surface area contributed by atoms with Gasteiger partial charge in [0, 0.05) is 31.2 Å². The second-order valence-corrected chi connectivity index (χ2v) is 7.67. The Kier molecular flexibility index (Phi) is 6.60. The summed E-state index contributed by atoms with van der Waals surface area (Å²) in [6.07, 6.45) is 1.05. The third kappa shape index (κ3) is 4.93. The average Bonchev–Trinajstić information content (AvgIpc) is 2.69. The minimum Gasteiger partial charge on any atom is -0.481 e. The minimum absolute atomic E-state index is 0.0798. The van der Waals surface area contributed by atoms with Crippen LogP contribution in [0.2, 0.25) is 5.02 Å². The van der Waals surface area contributed by atoms with Crippen molar-refractivity contribution in [2.24, 2.45) is 5.92 Å². The van der Waals surface area contributed by atoms with Crippen LogP contribution in [0.3, 0.4) is 0 Å². The highest BCUT2D eigenvalue weighted by Crippen LogP contribution is 2.24. The standard InChI is InChI=1S/C20H27ClN2O4/c1-14-12-17(21)5-6-18(14)27-15(2)19(24)23-7-3-4-16(13-23)20(25)22-8-10-26-11-9-22/h5-6,12,15-16H,3-4,7-11,13H2,1-2H3. The Balaban J connectivity index is 1.59. The number of hydrogen-bond acceptors (Lipinski definition) is 4. The molecule has 1 aromatic carbocycles. The van der Waals surface area contributed by atoms with E-state index in [9.17, 15) is 9.59 Å². The number of carbonyl (C=O) groups is 2. The van der Waals surface area contributed by atoms with Gasteiger partial charge in [0.05, 0.1) is 19.1 Å². The molecule has 0 aromatic heterocycles. The summed E-state index contributed by atoms with van der Waals surface area (Å²) in [5.74, 6) is 0.574. The Morgan fingerprint density at radius 3 is 2.67 bits per heavy atom. The number of hydrogen-bond donors (Lipinski definition) is 0. The first kappa shape index (κ1) is 20.0. The summed E-state index contributed by atoms with van der Waals surface area (Å²) in [6, 6.07) is 5.34. The van der Waals surface area contributed by atoms with Gasteiger partial charge in [-0.3, -0.25) is 9.59 Å². The Bertz CT molecular complexity index is 691. The molecule has 0 spiro atoms. The molecule has 2 aliphatic rings. The van der Waals surface area contributed by atoms with Gasteiger partial charge in [-0.15, -0.1) is 0 Å². The number of halogens is 1. The predicted octanol–water partition coefficient (Wildman–Crippen LogP) is 2.51. The van der Waals surface area contributed by atoms with E-state index in [-0.39, 0.29) is 17.7 Å². The Morgan fingerprint density at radius 1 is 1.22 bits per heavy atom. The molecule has 0 saturated carbocycles. The Labute approximate surface area is 165 Å². The van der Waals surface area contributed by atoms with E-state index in [1.807, 2.05) is 17.9 Å². The number of morpholine rings is 1. The number of ether oxygens (including phenoxy) is 2. The largest absolute Gasteiger partial charge is 0.481 e. The monoisotopic (exact) mass is 394 g/mol. The van der Waals surface area contributed by atoms with Crippen molar-refractivity contribution in [3.05, 3.63) is 28.8 Å². The molecule has 0 N–H and O–H groups in total. The molecule has 0 bridgehead atoms. The van der Waals surface area contributed by atoms with Gasteiger partial charge in [-0.25, -0.2) is 0 Å². The van der Waals surface area contributed by atoms with Gasteiger partial charge in [0.15, 0.2) is 6.10 Å². The highest BCUT2D eigenvalue weighted by molar-refractivity contribution is 6.30. The third-order valence-corrected chi connectivity index (χ3v) is 5.43. The van der Waals surface area contributed by atoms with Crippen LogP contribution >= 0.6 is 11.6 Å². The van der Waals surface area contributed by atoms with Crippen LogP contribution in [0.4, 0.5) is 0 Å². The van der Waals surface area contributed by atoms with Gasteiger partial charge in [0.2, 0.25) is 5.91 Å². The molecule has 1 aromatic rings. The summed E-state index contributed by atoms with van der Waals surface area (Å²) in [7, 11) is 0. The lowest BCUT2D eigenvalue weighted by atomic mass is 9.96. The van der Waals surface area contributed by atoms with E-state index in [1.165, 1.54) is 0 Å². The predicted molar refractivity (Wildman–Crippen MR) is 103 cm³/mol. The summed E-state index contributed by atoms with van der Waals surface area (Å²) in [5, 5.41) is 0.638. The molecule has 6 nitrogen and oxygen atoms in total. The second-order valence-electron chi connectivity index (χ2n) is 7.23. The van der Waals surface area contributed by atoms with E-state index >= 15 is 0 Å². The van der Waals surface area contributed by atoms with Crippen LogP contribution in [-0.4, -0.2) is 67.1 Å². The third-order valence-electron chi connectivity index (χ3n) is 5.19. The number of rotatable bonds is 4. The van der Waals surface area contributed by atoms with Crippen molar-refractivity contribution in [1.29, 1.82) is 0 Å². The fourth-order valence-electron chi connectivity index (χ4n) is 3.66. The maximum Gasteiger partial charge on any atom is 0.263 e. The van der Waals surface area contributed by atoms with Crippen LogP contribution in [0.15, 0.2) is 18.2 Å². The SMILES string of the molecule is Cc1cc(Cl)ccc1OC(C)C(=O)N1CCCC(C(=O)N2CCOCC2)C1. The molecule has 7 heteroatoms. The lowest BCUT2D eigenvalue weighted by Crippen LogP contribution is -2.51. The van der Waals surface area contributed by atoms with Crippen molar-refractivity contribution < 1.29 is 19.1 Å². The molecule has 2 unspecified atom stereocenters. The van der Waals surface area contributed by atoms with E-state index in [0.717, 1.165) is 18.4 Å². The average molecular weight is 395 g/mol. The molecule has 0 radical (unpaired) electrons. The Morgan fingerprint density at radius 2 is 1.96 bits per heavy atom. The van der Waals surface area contributed by atoms with Crippen LogP contribution in [0.1, 0.15) is 25.3 Å². The fraction of sp³-hybridized carbons (Fsp3) is 0.600. The maximum absolute atomic E-state index is 12.9. The molecule has 148 valence electrons. The molecule has 2 heterocycles. The number of amides is 2.